The lowest BCUT2D eigenvalue weighted by molar-refractivity contribution is 0.115. The number of nitrogens with one attached hydrogen (secondary N) is 1. The van der Waals surface area contributed by atoms with Gasteiger partial charge in [0.1, 0.15) is 0 Å². The van der Waals surface area contributed by atoms with Gasteiger partial charge in [-0.25, -0.2) is 0 Å². The fourth-order valence-electron chi connectivity index (χ4n) is 3.15. The molecular weight excluding hydrogens is 389 g/mol. The molecule has 0 bridgehead atoms. The van der Waals surface area contributed by atoms with E-state index in [1.165, 1.54) is 38.5 Å². The molecule has 0 aromatic rings. The van der Waals surface area contributed by atoms with E-state index in [9.17, 15) is 0 Å². The first-order valence-electron chi connectivity index (χ1n) is 8.70. The van der Waals surface area contributed by atoms with Crippen molar-refractivity contribution < 1.29 is 4.74 Å². The van der Waals surface area contributed by atoms with Crippen LogP contribution in [0.25, 0.3) is 0 Å². The number of hydrogen-bond donors (Lipinski definition) is 1. The molecule has 2 atom stereocenters. The third-order valence-corrected chi connectivity index (χ3v) is 5.01. The summed E-state index contributed by atoms with van der Waals surface area (Å²) in [5.74, 6) is 3.50. The highest BCUT2D eigenvalue weighted by molar-refractivity contribution is 14.0. The van der Waals surface area contributed by atoms with Crippen molar-refractivity contribution in [2.75, 3.05) is 40.4 Å². The number of aliphatic imine (C=N–C) groups is 1. The van der Waals surface area contributed by atoms with Crippen LogP contribution in [0, 0.1) is 17.8 Å². The lowest BCUT2D eigenvalue weighted by Crippen LogP contribution is -2.43. The lowest BCUT2D eigenvalue weighted by atomic mass is 9.80. The van der Waals surface area contributed by atoms with E-state index >= 15 is 0 Å². The van der Waals surface area contributed by atoms with Crippen molar-refractivity contribution in [2.24, 2.45) is 22.7 Å². The van der Waals surface area contributed by atoms with E-state index in [4.69, 9.17) is 4.74 Å². The van der Waals surface area contributed by atoms with Crippen LogP contribution in [0.2, 0.25) is 0 Å². The van der Waals surface area contributed by atoms with Gasteiger partial charge in [-0.05, 0) is 37.0 Å². The Bertz CT molecular complexity index is 334. The number of hydrogen-bond acceptors (Lipinski definition) is 2. The molecule has 0 aromatic heterocycles. The topological polar surface area (TPSA) is 36.9 Å². The van der Waals surface area contributed by atoms with Gasteiger partial charge in [0.05, 0.1) is 6.61 Å². The summed E-state index contributed by atoms with van der Waals surface area (Å²) in [6.45, 7) is 6.10. The average Bonchev–Trinajstić information content (AvgIpc) is 3.30. The smallest absolute Gasteiger partial charge is 0.193 e. The van der Waals surface area contributed by atoms with Gasteiger partial charge in [-0.2, -0.15) is 0 Å². The van der Waals surface area contributed by atoms with Crippen LogP contribution in [0.5, 0.6) is 0 Å². The molecular formula is C17H34IN3O. The highest BCUT2D eigenvalue weighted by Crippen LogP contribution is 2.29. The Morgan fingerprint density at radius 3 is 2.59 bits per heavy atom. The molecule has 1 N–H and O–H groups in total. The molecule has 2 aliphatic carbocycles. The van der Waals surface area contributed by atoms with Crippen LogP contribution < -0.4 is 5.32 Å². The minimum atomic E-state index is 0. The van der Waals surface area contributed by atoms with Gasteiger partial charge in [0.15, 0.2) is 5.96 Å². The second kappa shape index (κ2) is 10.7. The van der Waals surface area contributed by atoms with Gasteiger partial charge in [-0.15, -0.1) is 24.0 Å². The predicted octanol–water partition coefficient (Wildman–Crippen LogP) is 3.36. The Morgan fingerprint density at radius 2 is 1.95 bits per heavy atom. The fourth-order valence-corrected chi connectivity index (χ4v) is 3.15. The van der Waals surface area contributed by atoms with Gasteiger partial charge >= 0.3 is 0 Å². The van der Waals surface area contributed by atoms with Crippen molar-refractivity contribution in [1.29, 1.82) is 0 Å². The normalized spacial score (nSPS) is 25.5. The Morgan fingerprint density at radius 1 is 1.23 bits per heavy atom. The SMILES string of the molecule is CN=C(NCC1CCCCC1C)N(C)CCOCC1CC1.I. The molecule has 0 heterocycles. The molecule has 0 aliphatic heterocycles. The molecule has 2 unspecified atom stereocenters. The van der Waals surface area contributed by atoms with E-state index in [1.54, 1.807) is 0 Å². The molecule has 0 radical (unpaired) electrons. The first-order chi connectivity index (χ1) is 10.2. The molecule has 130 valence electrons. The molecule has 2 aliphatic rings. The highest BCUT2D eigenvalue weighted by Gasteiger charge is 2.22. The highest BCUT2D eigenvalue weighted by atomic mass is 127. The van der Waals surface area contributed by atoms with Crippen molar-refractivity contribution in [3.8, 4) is 0 Å². The van der Waals surface area contributed by atoms with Gasteiger partial charge in [-0.3, -0.25) is 4.99 Å². The molecule has 0 spiro atoms. The molecule has 2 fully saturated rings. The largest absolute Gasteiger partial charge is 0.379 e. The zero-order valence-electron chi connectivity index (χ0n) is 14.5. The van der Waals surface area contributed by atoms with Gasteiger partial charge in [-0.1, -0.05) is 26.2 Å². The zero-order valence-corrected chi connectivity index (χ0v) is 16.8. The molecule has 0 amide bonds. The number of ether oxygens (including phenoxy) is 1. The van der Waals surface area contributed by atoms with Crippen molar-refractivity contribution in [3.05, 3.63) is 0 Å². The summed E-state index contributed by atoms with van der Waals surface area (Å²) in [7, 11) is 3.97. The first-order valence-corrected chi connectivity index (χ1v) is 8.70. The van der Waals surface area contributed by atoms with Crippen molar-refractivity contribution in [3.63, 3.8) is 0 Å². The third-order valence-electron chi connectivity index (χ3n) is 5.01. The van der Waals surface area contributed by atoms with E-state index in [-0.39, 0.29) is 24.0 Å². The average molecular weight is 423 g/mol. The Hall–Kier alpha value is -0.0400. The van der Waals surface area contributed by atoms with Crippen LogP contribution in [0.1, 0.15) is 45.4 Å². The van der Waals surface area contributed by atoms with E-state index in [2.05, 4.69) is 29.2 Å². The van der Waals surface area contributed by atoms with Crippen LogP contribution in [0.15, 0.2) is 4.99 Å². The molecule has 4 nitrogen and oxygen atoms in total. The summed E-state index contributed by atoms with van der Waals surface area (Å²) < 4.78 is 5.71. The number of halogens is 1. The number of likely N-dealkylation sites (N-methyl/N-ethyl adjacent to an activating group) is 1. The fraction of sp³-hybridized carbons (Fsp3) is 0.941. The third kappa shape index (κ3) is 7.02. The van der Waals surface area contributed by atoms with E-state index in [1.807, 2.05) is 7.05 Å². The lowest BCUT2D eigenvalue weighted by Gasteiger charge is -2.30. The van der Waals surface area contributed by atoms with E-state index < -0.39 is 0 Å². The maximum Gasteiger partial charge on any atom is 0.193 e. The Balaban J connectivity index is 0.00000242. The number of rotatable bonds is 7. The molecule has 22 heavy (non-hydrogen) atoms. The number of guanidine groups is 1. The van der Waals surface area contributed by atoms with E-state index in [0.717, 1.165) is 50.0 Å². The van der Waals surface area contributed by atoms with Crippen molar-refractivity contribution in [2.45, 2.75) is 45.4 Å². The first kappa shape index (κ1) is 20.0. The summed E-state index contributed by atoms with van der Waals surface area (Å²) in [6.07, 6.45) is 8.26. The molecule has 0 aromatic carbocycles. The summed E-state index contributed by atoms with van der Waals surface area (Å²) in [6, 6.07) is 0. The Kier molecular flexibility index (Phi) is 9.71. The van der Waals surface area contributed by atoms with Gasteiger partial charge in [0, 0.05) is 33.8 Å². The number of nitrogens with zero attached hydrogens (tertiary/aromatic N) is 2. The van der Waals surface area contributed by atoms with Crippen LogP contribution in [-0.2, 0) is 4.74 Å². The van der Waals surface area contributed by atoms with Crippen LogP contribution >= 0.6 is 24.0 Å². The summed E-state index contributed by atoms with van der Waals surface area (Å²) in [5.41, 5.74) is 0. The van der Waals surface area contributed by atoms with Crippen LogP contribution in [0.3, 0.4) is 0 Å². The standard InChI is InChI=1S/C17H33N3O.HI/c1-14-6-4-5-7-16(14)12-19-17(18-2)20(3)10-11-21-13-15-8-9-15;/h14-16H,4-13H2,1-3H3,(H,18,19);1H. The Labute approximate surface area is 153 Å². The minimum Gasteiger partial charge on any atom is -0.379 e. The van der Waals surface area contributed by atoms with Crippen molar-refractivity contribution in [1.82, 2.24) is 10.2 Å². The monoisotopic (exact) mass is 423 g/mol. The maximum atomic E-state index is 5.71. The summed E-state index contributed by atoms with van der Waals surface area (Å²) >= 11 is 0. The molecule has 2 saturated carbocycles. The van der Waals surface area contributed by atoms with E-state index in [0.29, 0.717) is 0 Å². The minimum absolute atomic E-state index is 0. The molecule has 5 heteroatoms. The zero-order chi connectivity index (χ0) is 15.1. The van der Waals surface area contributed by atoms with Crippen LogP contribution in [0.4, 0.5) is 0 Å². The summed E-state index contributed by atoms with van der Waals surface area (Å²) in [4.78, 5) is 6.58. The quantitative estimate of drug-likeness (QED) is 0.295. The molecule has 0 saturated heterocycles. The second-order valence-electron chi connectivity index (χ2n) is 6.89. The maximum absolute atomic E-state index is 5.71. The predicted molar refractivity (Wildman–Crippen MR) is 104 cm³/mol. The van der Waals surface area contributed by atoms with Crippen LogP contribution in [-0.4, -0.2) is 51.3 Å². The second-order valence-corrected chi connectivity index (χ2v) is 6.89. The van der Waals surface area contributed by atoms with Gasteiger partial charge < -0.3 is 15.0 Å². The molecule has 2 rings (SSSR count). The van der Waals surface area contributed by atoms with Gasteiger partial charge in [0.2, 0.25) is 0 Å². The van der Waals surface area contributed by atoms with Gasteiger partial charge in [0.25, 0.3) is 0 Å². The van der Waals surface area contributed by atoms with Crippen molar-refractivity contribution >= 4 is 29.9 Å². The summed E-state index contributed by atoms with van der Waals surface area (Å²) in [5, 5.41) is 3.55.